The zero-order chi connectivity index (χ0) is 21.1. The van der Waals surface area contributed by atoms with E-state index in [1.54, 1.807) is 36.6 Å². The molecule has 0 saturated carbocycles. The summed E-state index contributed by atoms with van der Waals surface area (Å²) in [6, 6.07) is 9.36. The first kappa shape index (κ1) is 19.8. The van der Waals surface area contributed by atoms with E-state index in [9.17, 15) is 4.79 Å². The first-order chi connectivity index (χ1) is 14.5. The number of aryl methyl sites for hydroxylation is 3. The van der Waals surface area contributed by atoms with Crippen LogP contribution in [0.1, 0.15) is 26.9 Å². The number of nitrogens with one attached hydrogen (secondary N) is 2. The Kier molecular flexibility index (Phi) is 5.62. The molecule has 0 saturated heterocycles. The molecule has 0 bridgehead atoms. The van der Waals surface area contributed by atoms with Crippen LogP contribution in [-0.2, 0) is 0 Å². The molecule has 2 N–H and O–H groups in total. The minimum Gasteiger partial charge on any atom is -0.456 e. The van der Waals surface area contributed by atoms with E-state index in [1.165, 1.54) is 4.88 Å². The molecule has 0 unspecified atom stereocenters. The summed E-state index contributed by atoms with van der Waals surface area (Å²) in [5.74, 6) is 1.84. The molecule has 4 rings (SSSR count). The van der Waals surface area contributed by atoms with Gasteiger partial charge in [-0.1, -0.05) is 5.16 Å². The van der Waals surface area contributed by atoms with E-state index in [0.717, 1.165) is 21.8 Å². The number of thiophene rings is 1. The van der Waals surface area contributed by atoms with E-state index in [0.29, 0.717) is 36.3 Å². The molecule has 4 aromatic rings. The Bertz CT molecular complexity index is 1180. The van der Waals surface area contributed by atoms with Gasteiger partial charge in [0.15, 0.2) is 11.5 Å². The quantitative estimate of drug-likeness (QED) is 0.429. The van der Waals surface area contributed by atoms with Gasteiger partial charge in [0.05, 0.1) is 21.8 Å². The van der Waals surface area contributed by atoms with Crippen LogP contribution >= 0.6 is 11.3 Å². The van der Waals surface area contributed by atoms with Crippen LogP contribution < -0.4 is 10.6 Å². The van der Waals surface area contributed by atoms with Crippen molar-refractivity contribution >= 4 is 23.2 Å². The van der Waals surface area contributed by atoms with Crippen LogP contribution in [0.2, 0.25) is 0 Å². The lowest BCUT2D eigenvalue weighted by molar-refractivity contribution is 0.0926. The summed E-state index contributed by atoms with van der Waals surface area (Å²) in [5.41, 5.74) is 2.35. The van der Waals surface area contributed by atoms with Crippen LogP contribution in [0, 0.1) is 20.8 Å². The number of nitrogens with zero attached hydrogens (tertiary/aromatic N) is 3. The maximum absolute atomic E-state index is 12.0. The SMILES string of the molecule is Cc1cc(-c2cnc(NCCNC(=O)c3ccc(C)o3)nc2-c2ccc(C)s2)on1. The zero-order valence-electron chi connectivity index (χ0n) is 16.9. The lowest BCUT2D eigenvalue weighted by Gasteiger charge is -2.09. The highest BCUT2D eigenvalue weighted by molar-refractivity contribution is 7.15. The molecule has 0 aliphatic carbocycles. The molecule has 0 aliphatic rings. The fourth-order valence-electron chi connectivity index (χ4n) is 2.88. The van der Waals surface area contributed by atoms with Crippen LogP contribution in [0.3, 0.4) is 0 Å². The topological polar surface area (TPSA) is 106 Å². The number of carbonyl (C=O) groups is 1. The first-order valence-corrected chi connectivity index (χ1v) is 10.3. The molecule has 1 amide bonds. The molecule has 0 spiro atoms. The number of amides is 1. The van der Waals surface area contributed by atoms with Gasteiger partial charge < -0.3 is 19.6 Å². The van der Waals surface area contributed by atoms with Gasteiger partial charge in [-0.05, 0) is 45.0 Å². The number of aromatic nitrogens is 3. The lowest BCUT2D eigenvalue weighted by atomic mass is 10.1. The molecular formula is C21H21N5O3S. The van der Waals surface area contributed by atoms with Gasteiger partial charge in [-0.2, -0.15) is 0 Å². The van der Waals surface area contributed by atoms with E-state index < -0.39 is 0 Å². The monoisotopic (exact) mass is 423 g/mol. The minimum atomic E-state index is -0.253. The lowest BCUT2D eigenvalue weighted by Crippen LogP contribution is -2.28. The van der Waals surface area contributed by atoms with Crippen LogP contribution in [0.15, 0.2) is 45.5 Å². The predicted molar refractivity (Wildman–Crippen MR) is 115 cm³/mol. The van der Waals surface area contributed by atoms with Gasteiger partial charge in [-0.3, -0.25) is 4.79 Å². The third-order valence-corrected chi connectivity index (χ3v) is 5.32. The molecule has 0 fully saturated rings. The van der Waals surface area contributed by atoms with Crippen molar-refractivity contribution in [3.8, 4) is 21.9 Å². The average molecular weight is 423 g/mol. The highest BCUT2D eigenvalue weighted by atomic mass is 32.1. The van der Waals surface area contributed by atoms with E-state index in [1.807, 2.05) is 19.1 Å². The van der Waals surface area contributed by atoms with Gasteiger partial charge in [0, 0.05) is 30.2 Å². The Labute approximate surface area is 177 Å². The Morgan fingerprint density at radius 2 is 2.00 bits per heavy atom. The Hall–Kier alpha value is -3.46. The van der Waals surface area contributed by atoms with E-state index in [2.05, 4.69) is 38.7 Å². The van der Waals surface area contributed by atoms with Crippen molar-refractivity contribution in [1.82, 2.24) is 20.4 Å². The Balaban J connectivity index is 1.47. The summed E-state index contributed by atoms with van der Waals surface area (Å²) in [5, 5.41) is 9.92. The summed E-state index contributed by atoms with van der Waals surface area (Å²) in [7, 11) is 0. The van der Waals surface area contributed by atoms with Crippen LogP contribution in [0.25, 0.3) is 21.9 Å². The fraction of sp³-hybridized carbons (Fsp3) is 0.238. The molecule has 0 aromatic carbocycles. The van der Waals surface area contributed by atoms with Crippen molar-refractivity contribution in [3.05, 3.63) is 58.6 Å². The van der Waals surface area contributed by atoms with Crippen molar-refractivity contribution in [2.24, 2.45) is 0 Å². The number of carbonyl (C=O) groups excluding carboxylic acids is 1. The number of anilines is 1. The van der Waals surface area contributed by atoms with E-state index in [4.69, 9.17) is 8.94 Å². The second-order valence-electron chi connectivity index (χ2n) is 6.79. The van der Waals surface area contributed by atoms with Crippen LogP contribution in [0.5, 0.6) is 0 Å². The summed E-state index contributed by atoms with van der Waals surface area (Å²) in [6.45, 7) is 6.59. The third kappa shape index (κ3) is 4.41. The summed E-state index contributed by atoms with van der Waals surface area (Å²) >= 11 is 1.65. The molecule has 154 valence electrons. The van der Waals surface area contributed by atoms with Gasteiger partial charge in [0.1, 0.15) is 5.76 Å². The maximum atomic E-state index is 12.0. The number of hydrogen-bond acceptors (Lipinski definition) is 8. The highest BCUT2D eigenvalue weighted by Gasteiger charge is 2.16. The molecule has 0 atom stereocenters. The molecule has 0 radical (unpaired) electrons. The largest absolute Gasteiger partial charge is 0.456 e. The van der Waals surface area contributed by atoms with Crippen molar-refractivity contribution in [2.45, 2.75) is 20.8 Å². The van der Waals surface area contributed by atoms with Crippen molar-refractivity contribution in [3.63, 3.8) is 0 Å². The molecule has 4 heterocycles. The van der Waals surface area contributed by atoms with Gasteiger partial charge in [-0.25, -0.2) is 9.97 Å². The molecule has 30 heavy (non-hydrogen) atoms. The molecule has 0 aliphatic heterocycles. The number of rotatable bonds is 7. The van der Waals surface area contributed by atoms with Crippen molar-refractivity contribution in [2.75, 3.05) is 18.4 Å². The molecular weight excluding hydrogens is 402 g/mol. The summed E-state index contributed by atoms with van der Waals surface area (Å²) in [6.07, 6.45) is 1.73. The summed E-state index contributed by atoms with van der Waals surface area (Å²) in [4.78, 5) is 23.3. The number of furan rings is 1. The maximum Gasteiger partial charge on any atom is 0.287 e. The second kappa shape index (κ2) is 8.50. The minimum absolute atomic E-state index is 0.253. The van der Waals surface area contributed by atoms with Crippen molar-refractivity contribution in [1.29, 1.82) is 0 Å². The van der Waals surface area contributed by atoms with Crippen molar-refractivity contribution < 1.29 is 13.7 Å². The normalized spacial score (nSPS) is 10.9. The smallest absolute Gasteiger partial charge is 0.287 e. The predicted octanol–water partition coefficient (Wildman–Crippen LogP) is 4.22. The van der Waals surface area contributed by atoms with Gasteiger partial charge in [-0.15, -0.1) is 11.3 Å². The highest BCUT2D eigenvalue weighted by Crippen LogP contribution is 2.35. The third-order valence-electron chi connectivity index (χ3n) is 4.31. The fourth-order valence-corrected chi connectivity index (χ4v) is 3.75. The van der Waals surface area contributed by atoms with Gasteiger partial charge in [0.2, 0.25) is 5.95 Å². The summed E-state index contributed by atoms with van der Waals surface area (Å²) < 4.78 is 10.7. The van der Waals surface area contributed by atoms with Gasteiger partial charge in [0.25, 0.3) is 5.91 Å². The Morgan fingerprint density at radius 1 is 1.13 bits per heavy atom. The first-order valence-electron chi connectivity index (χ1n) is 9.45. The molecule has 8 nitrogen and oxygen atoms in total. The Morgan fingerprint density at radius 3 is 2.67 bits per heavy atom. The molecule has 4 aromatic heterocycles. The average Bonchev–Trinajstić information content (AvgIpc) is 3.46. The van der Waals surface area contributed by atoms with Crippen LogP contribution in [0.4, 0.5) is 5.95 Å². The van der Waals surface area contributed by atoms with Gasteiger partial charge >= 0.3 is 0 Å². The number of hydrogen-bond donors (Lipinski definition) is 2. The zero-order valence-corrected chi connectivity index (χ0v) is 17.7. The second-order valence-corrected chi connectivity index (χ2v) is 8.08. The molecule has 9 heteroatoms. The standard InChI is InChI=1S/C21H21N5O3S/c1-12-10-17(29-26-12)15-11-24-21(25-19(15)18-7-5-14(3)30-18)23-9-8-22-20(27)16-6-4-13(2)28-16/h4-7,10-11H,8-9H2,1-3H3,(H,22,27)(H,23,24,25). The van der Waals surface area contributed by atoms with E-state index in [-0.39, 0.29) is 5.91 Å². The van der Waals surface area contributed by atoms with Crippen LogP contribution in [-0.4, -0.2) is 34.1 Å². The van der Waals surface area contributed by atoms with E-state index >= 15 is 0 Å².